The number of ether oxygens (including phenoxy) is 1. The number of nitrogens with one attached hydrogen (secondary N) is 1. The van der Waals surface area contributed by atoms with E-state index in [1.807, 2.05) is 20.2 Å². The summed E-state index contributed by atoms with van der Waals surface area (Å²) >= 11 is 1.59. The van der Waals surface area contributed by atoms with Gasteiger partial charge in [0.25, 0.3) is 0 Å². The molecule has 0 aromatic carbocycles. The van der Waals surface area contributed by atoms with Crippen LogP contribution in [0.4, 0.5) is 0 Å². The Hall–Kier alpha value is -1.01. The molecule has 1 rings (SSSR count). The van der Waals surface area contributed by atoms with E-state index >= 15 is 0 Å². The summed E-state index contributed by atoms with van der Waals surface area (Å²) in [5.41, 5.74) is 0. The molecule has 0 amide bonds. The molecule has 1 unspecified atom stereocenters. The molecule has 0 radical (unpaired) electrons. The maximum absolute atomic E-state index is 11.4. The topological polar surface area (TPSA) is 56.2 Å². The first-order chi connectivity index (χ1) is 7.67. The first kappa shape index (κ1) is 13.1. The lowest BCUT2D eigenvalue weighted by molar-refractivity contribution is -0.142. The van der Waals surface area contributed by atoms with Crippen molar-refractivity contribution in [3.63, 3.8) is 0 Å². The highest BCUT2D eigenvalue weighted by atomic mass is 32.2. The number of thioether (sulfide) groups is 1. The highest BCUT2D eigenvalue weighted by Gasteiger charge is 2.18. The number of nitrogens with zero attached hydrogens (tertiary/aromatic N) is 2. The van der Waals surface area contributed by atoms with E-state index in [0.29, 0.717) is 5.75 Å². The van der Waals surface area contributed by atoms with Crippen LogP contribution < -0.4 is 5.32 Å². The Morgan fingerprint density at radius 1 is 1.75 bits per heavy atom. The highest BCUT2D eigenvalue weighted by Crippen LogP contribution is 2.17. The van der Waals surface area contributed by atoms with Crippen LogP contribution in [0.5, 0.6) is 0 Å². The van der Waals surface area contributed by atoms with Gasteiger partial charge in [-0.15, -0.1) is 11.8 Å². The van der Waals surface area contributed by atoms with Crippen LogP contribution in [0.3, 0.4) is 0 Å². The van der Waals surface area contributed by atoms with E-state index in [-0.39, 0.29) is 12.0 Å². The van der Waals surface area contributed by atoms with Crippen LogP contribution in [0, 0.1) is 0 Å². The Labute approximate surface area is 99.5 Å². The van der Waals surface area contributed by atoms with E-state index in [1.54, 1.807) is 22.6 Å². The summed E-state index contributed by atoms with van der Waals surface area (Å²) in [4.78, 5) is 12.5. The van der Waals surface area contributed by atoms with E-state index < -0.39 is 0 Å². The maximum Gasteiger partial charge on any atom is 0.323 e. The molecule has 0 bridgehead atoms. The Kier molecular flexibility index (Phi) is 5.34. The number of methoxy groups -OCH3 is 1. The lowest BCUT2D eigenvalue weighted by Crippen LogP contribution is -2.39. The van der Waals surface area contributed by atoms with E-state index in [0.717, 1.165) is 11.4 Å². The number of hydrogen-bond donors (Lipinski definition) is 1. The average Bonchev–Trinajstić information content (AvgIpc) is 2.69. The molecule has 0 fully saturated rings. The minimum Gasteiger partial charge on any atom is -0.468 e. The number of carbonyl (C=O) groups excluding carboxylic acids is 1. The zero-order valence-electron chi connectivity index (χ0n) is 9.77. The number of carbonyl (C=O) groups is 1. The van der Waals surface area contributed by atoms with Gasteiger partial charge in [0.2, 0.25) is 0 Å². The smallest absolute Gasteiger partial charge is 0.323 e. The van der Waals surface area contributed by atoms with Crippen LogP contribution >= 0.6 is 11.8 Å². The van der Waals surface area contributed by atoms with Gasteiger partial charge in [-0.05, 0) is 6.54 Å². The highest BCUT2D eigenvalue weighted by molar-refractivity contribution is 7.99. The molecule has 0 aliphatic heterocycles. The van der Waals surface area contributed by atoms with Gasteiger partial charge >= 0.3 is 5.97 Å². The van der Waals surface area contributed by atoms with Gasteiger partial charge < -0.3 is 10.1 Å². The third-order valence-corrected chi connectivity index (χ3v) is 3.08. The average molecular weight is 243 g/mol. The largest absolute Gasteiger partial charge is 0.468 e. The predicted molar refractivity (Wildman–Crippen MR) is 63.4 cm³/mol. The van der Waals surface area contributed by atoms with Crippen molar-refractivity contribution in [1.82, 2.24) is 15.1 Å². The zero-order valence-corrected chi connectivity index (χ0v) is 10.6. The summed E-state index contributed by atoms with van der Waals surface area (Å²) in [6, 6.07) is -0.264. The molecule has 90 valence electrons. The standard InChI is InChI=1S/C10H17N3O2S/c1-4-11-9(10(14)15-3)7-16-8-5-12-13(2)6-8/h5-6,9,11H,4,7H2,1-3H3. The van der Waals surface area contributed by atoms with Gasteiger partial charge in [0.1, 0.15) is 6.04 Å². The predicted octanol–water partition coefficient (Wildman–Crippen LogP) is 0.663. The summed E-state index contributed by atoms with van der Waals surface area (Å²) in [5, 5.41) is 7.15. The first-order valence-electron chi connectivity index (χ1n) is 5.10. The van der Waals surface area contributed by atoms with Crippen molar-refractivity contribution in [2.75, 3.05) is 19.4 Å². The fourth-order valence-electron chi connectivity index (χ4n) is 1.25. The van der Waals surface area contributed by atoms with Crippen LogP contribution in [-0.4, -0.2) is 41.2 Å². The van der Waals surface area contributed by atoms with Gasteiger partial charge in [0.05, 0.1) is 13.3 Å². The molecule has 1 atom stereocenters. The first-order valence-corrected chi connectivity index (χ1v) is 6.08. The Balaban J connectivity index is 2.46. The van der Waals surface area contributed by atoms with Crippen molar-refractivity contribution in [3.05, 3.63) is 12.4 Å². The number of hydrogen-bond acceptors (Lipinski definition) is 5. The van der Waals surface area contributed by atoms with Crippen molar-refractivity contribution in [2.24, 2.45) is 7.05 Å². The quantitative estimate of drug-likeness (QED) is 0.587. The van der Waals surface area contributed by atoms with Crippen molar-refractivity contribution >= 4 is 17.7 Å². The molecule has 0 saturated carbocycles. The summed E-state index contributed by atoms with van der Waals surface area (Å²) in [6.07, 6.45) is 3.70. The number of aromatic nitrogens is 2. The molecule has 1 N–H and O–H groups in total. The fraction of sp³-hybridized carbons (Fsp3) is 0.600. The van der Waals surface area contributed by atoms with Gasteiger partial charge in [-0.1, -0.05) is 6.92 Å². The van der Waals surface area contributed by atoms with Gasteiger partial charge in [0.15, 0.2) is 0 Å². The van der Waals surface area contributed by atoms with E-state index in [4.69, 9.17) is 4.74 Å². The van der Waals surface area contributed by atoms with Crippen molar-refractivity contribution in [2.45, 2.75) is 17.9 Å². The van der Waals surface area contributed by atoms with E-state index in [1.165, 1.54) is 7.11 Å². The van der Waals surface area contributed by atoms with Gasteiger partial charge in [-0.25, -0.2) is 0 Å². The molecule has 5 nitrogen and oxygen atoms in total. The van der Waals surface area contributed by atoms with Crippen molar-refractivity contribution < 1.29 is 9.53 Å². The van der Waals surface area contributed by atoms with Crippen LogP contribution in [0.15, 0.2) is 17.3 Å². The third kappa shape index (κ3) is 3.86. The Morgan fingerprint density at radius 2 is 2.50 bits per heavy atom. The molecule has 0 spiro atoms. The molecule has 1 aromatic heterocycles. The molecular formula is C10H17N3O2S. The molecule has 0 aliphatic carbocycles. The minimum absolute atomic E-state index is 0.224. The van der Waals surface area contributed by atoms with Gasteiger partial charge in [-0.3, -0.25) is 9.48 Å². The molecule has 0 saturated heterocycles. The summed E-state index contributed by atoms with van der Waals surface area (Å²) < 4.78 is 6.46. The number of esters is 1. The second-order valence-corrected chi connectivity index (χ2v) is 4.39. The van der Waals surface area contributed by atoms with Gasteiger partial charge in [-0.2, -0.15) is 5.10 Å². The third-order valence-electron chi connectivity index (χ3n) is 2.03. The van der Waals surface area contributed by atoms with Crippen molar-refractivity contribution in [3.8, 4) is 0 Å². The van der Waals surface area contributed by atoms with E-state index in [2.05, 4.69) is 10.4 Å². The summed E-state index contributed by atoms with van der Waals surface area (Å²) in [6.45, 7) is 2.71. The lowest BCUT2D eigenvalue weighted by atomic mass is 10.3. The second-order valence-electron chi connectivity index (χ2n) is 3.29. The van der Waals surface area contributed by atoms with Crippen LogP contribution in [0.1, 0.15) is 6.92 Å². The minimum atomic E-state index is -0.264. The zero-order chi connectivity index (χ0) is 12.0. The molecule has 0 aliphatic rings. The number of rotatable bonds is 6. The summed E-state index contributed by atoms with van der Waals surface area (Å²) in [5.74, 6) is 0.421. The Morgan fingerprint density at radius 3 is 3.00 bits per heavy atom. The summed E-state index contributed by atoms with van der Waals surface area (Å²) in [7, 11) is 3.27. The van der Waals surface area contributed by atoms with Crippen LogP contribution in [0.2, 0.25) is 0 Å². The molecule has 6 heteroatoms. The molecule has 1 aromatic rings. The van der Waals surface area contributed by atoms with Crippen LogP contribution in [0.25, 0.3) is 0 Å². The number of aryl methyl sites for hydroxylation is 1. The molecule has 16 heavy (non-hydrogen) atoms. The number of likely N-dealkylation sites (N-methyl/N-ethyl adjacent to an activating group) is 1. The van der Waals surface area contributed by atoms with Gasteiger partial charge in [0, 0.05) is 23.9 Å². The second kappa shape index (κ2) is 6.55. The van der Waals surface area contributed by atoms with Crippen LogP contribution in [-0.2, 0) is 16.6 Å². The Bertz CT molecular complexity index is 341. The SMILES string of the molecule is CCNC(CSc1cnn(C)c1)C(=O)OC. The fourth-order valence-corrected chi connectivity index (χ4v) is 2.21. The lowest BCUT2D eigenvalue weighted by Gasteiger charge is -2.13. The van der Waals surface area contributed by atoms with E-state index in [9.17, 15) is 4.79 Å². The molecular weight excluding hydrogens is 226 g/mol. The van der Waals surface area contributed by atoms with Crippen molar-refractivity contribution in [1.29, 1.82) is 0 Å². The maximum atomic E-state index is 11.4. The normalized spacial score (nSPS) is 12.4. The monoisotopic (exact) mass is 243 g/mol. The molecule has 1 heterocycles.